The summed E-state index contributed by atoms with van der Waals surface area (Å²) in [6.45, 7) is 2.58. The van der Waals surface area contributed by atoms with Crippen molar-refractivity contribution in [1.29, 1.82) is 0 Å². The standard InChI is InChI=1S/C15H22N2O3/c1-11-7-12(14(19)20)8-13(17-11)16-9-15(10-18)5-3-2-4-6-15/h7-8,18H,2-6,9-10H2,1H3,(H,16,17)(H,19,20). The van der Waals surface area contributed by atoms with E-state index in [4.69, 9.17) is 5.11 Å². The minimum absolute atomic E-state index is 0.0902. The number of aromatic nitrogens is 1. The van der Waals surface area contributed by atoms with Gasteiger partial charge in [0.25, 0.3) is 0 Å². The van der Waals surface area contributed by atoms with Crippen molar-refractivity contribution in [3.8, 4) is 0 Å². The summed E-state index contributed by atoms with van der Waals surface area (Å²) in [5, 5.41) is 21.9. The molecule has 0 saturated heterocycles. The van der Waals surface area contributed by atoms with Gasteiger partial charge in [0.15, 0.2) is 0 Å². The number of rotatable bonds is 5. The van der Waals surface area contributed by atoms with Crippen LogP contribution in [0.15, 0.2) is 12.1 Å². The van der Waals surface area contributed by atoms with Gasteiger partial charge in [-0.1, -0.05) is 19.3 Å². The Morgan fingerprint density at radius 3 is 2.65 bits per heavy atom. The molecule has 3 N–H and O–H groups in total. The van der Waals surface area contributed by atoms with E-state index in [2.05, 4.69) is 10.3 Å². The highest BCUT2D eigenvalue weighted by Gasteiger charge is 2.31. The molecule has 0 amide bonds. The maximum atomic E-state index is 11.0. The molecule has 2 rings (SSSR count). The zero-order chi connectivity index (χ0) is 14.6. The number of aliphatic hydroxyl groups is 1. The second-order valence-corrected chi connectivity index (χ2v) is 5.76. The largest absolute Gasteiger partial charge is 0.478 e. The van der Waals surface area contributed by atoms with Gasteiger partial charge in [0.1, 0.15) is 5.82 Å². The van der Waals surface area contributed by atoms with Gasteiger partial charge in [0.2, 0.25) is 0 Å². The number of carbonyl (C=O) groups is 1. The van der Waals surface area contributed by atoms with Gasteiger partial charge in [0, 0.05) is 17.7 Å². The summed E-state index contributed by atoms with van der Waals surface area (Å²) in [5.41, 5.74) is 0.823. The van der Waals surface area contributed by atoms with E-state index in [9.17, 15) is 9.90 Å². The third-order valence-electron chi connectivity index (χ3n) is 4.09. The van der Waals surface area contributed by atoms with Crippen LogP contribution >= 0.6 is 0 Å². The topological polar surface area (TPSA) is 82.5 Å². The van der Waals surface area contributed by atoms with Crippen LogP contribution in [0.3, 0.4) is 0 Å². The lowest BCUT2D eigenvalue weighted by Crippen LogP contribution is -2.35. The fraction of sp³-hybridized carbons (Fsp3) is 0.600. The Morgan fingerprint density at radius 1 is 1.35 bits per heavy atom. The van der Waals surface area contributed by atoms with Crippen molar-refractivity contribution in [2.75, 3.05) is 18.5 Å². The van der Waals surface area contributed by atoms with Gasteiger partial charge in [-0.05, 0) is 31.9 Å². The predicted molar refractivity (Wildman–Crippen MR) is 77.0 cm³/mol. The Morgan fingerprint density at radius 2 is 2.05 bits per heavy atom. The van der Waals surface area contributed by atoms with E-state index in [1.807, 2.05) is 0 Å². The Bertz CT molecular complexity index is 482. The smallest absolute Gasteiger partial charge is 0.335 e. The molecule has 0 unspecified atom stereocenters. The van der Waals surface area contributed by atoms with E-state index in [0.29, 0.717) is 18.1 Å². The van der Waals surface area contributed by atoms with Crippen LogP contribution in [0.2, 0.25) is 0 Å². The lowest BCUT2D eigenvalue weighted by molar-refractivity contribution is 0.0696. The molecule has 0 aliphatic heterocycles. The summed E-state index contributed by atoms with van der Waals surface area (Å²) < 4.78 is 0. The average Bonchev–Trinajstić information content (AvgIpc) is 2.45. The van der Waals surface area contributed by atoms with Crippen LogP contribution < -0.4 is 5.32 Å². The number of aryl methyl sites for hydroxylation is 1. The van der Waals surface area contributed by atoms with Gasteiger partial charge >= 0.3 is 5.97 Å². The fourth-order valence-corrected chi connectivity index (χ4v) is 2.85. The molecule has 1 aromatic rings. The summed E-state index contributed by atoms with van der Waals surface area (Å²) in [5.74, 6) is -0.381. The average molecular weight is 278 g/mol. The molecule has 20 heavy (non-hydrogen) atoms. The second kappa shape index (κ2) is 6.22. The number of aromatic carboxylic acids is 1. The van der Waals surface area contributed by atoms with Crippen molar-refractivity contribution in [3.63, 3.8) is 0 Å². The molecule has 110 valence electrons. The molecule has 0 radical (unpaired) electrons. The third-order valence-corrected chi connectivity index (χ3v) is 4.09. The van der Waals surface area contributed by atoms with E-state index >= 15 is 0 Å². The van der Waals surface area contributed by atoms with Gasteiger partial charge in [-0.2, -0.15) is 0 Å². The van der Waals surface area contributed by atoms with E-state index in [-0.39, 0.29) is 17.6 Å². The van der Waals surface area contributed by atoms with Crippen molar-refractivity contribution in [2.45, 2.75) is 39.0 Å². The lowest BCUT2D eigenvalue weighted by Gasteiger charge is -2.35. The zero-order valence-corrected chi connectivity index (χ0v) is 11.9. The molecule has 0 aromatic carbocycles. The summed E-state index contributed by atoms with van der Waals surface area (Å²) in [4.78, 5) is 15.3. The number of hydrogen-bond donors (Lipinski definition) is 3. The minimum atomic E-state index is -0.951. The molecule has 0 spiro atoms. The van der Waals surface area contributed by atoms with Crippen LogP contribution in [0.25, 0.3) is 0 Å². The number of hydrogen-bond acceptors (Lipinski definition) is 4. The summed E-state index contributed by atoms with van der Waals surface area (Å²) in [6.07, 6.45) is 5.53. The van der Waals surface area contributed by atoms with Crippen molar-refractivity contribution in [2.24, 2.45) is 5.41 Å². The Balaban J connectivity index is 2.07. The van der Waals surface area contributed by atoms with Gasteiger partial charge in [-0.3, -0.25) is 0 Å². The van der Waals surface area contributed by atoms with E-state index in [0.717, 1.165) is 25.7 Å². The molecule has 1 aromatic heterocycles. The fourth-order valence-electron chi connectivity index (χ4n) is 2.85. The van der Waals surface area contributed by atoms with Crippen molar-refractivity contribution >= 4 is 11.8 Å². The summed E-state index contributed by atoms with van der Waals surface area (Å²) in [6, 6.07) is 3.10. The summed E-state index contributed by atoms with van der Waals surface area (Å²) in [7, 11) is 0. The van der Waals surface area contributed by atoms with Crippen molar-refractivity contribution in [1.82, 2.24) is 4.98 Å². The molecule has 1 saturated carbocycles. The van der Waals surface area contributed by atoms with E-state index in [1.54, 1.807) is 19.1 Å². The van der Waals surface area contributed by atoms with Crippen molar-refractivity contribution < 1.29 is 15.0 Å². The predicted octanol–water partition coefficient (Wildman–Crippen LogP) is 2.44. The van der Waals surface area contributed by atoms with Crippen LogP contribution in [0.4, 0.5) is 5.82 Å². The van der Waals surface area contributed by atoms with Crippen molar-refractivity contribution in [3.05, 3.63) is 23.4 Å². The highest BCUT2D eigenvalue weighted by atomic mass is 16.4. The van der Waals surface area contributed by atoms with Crippen LogP contribution in [-0.2, 0) is 0 Å². The molecule has 1 aliphatic rings. The van der Waals surface area contributed by atoms with Gasteiger partial charge in [-0.15, -0.1) is 0 Å². The number of nitrogens with one attached hydrogen (secondary N) is 1. The number of pyridine rings is 1. The van der Waals surface area contributed by atoms with Crippen LogP contribution in [-0.4, -0.2) is 34.3 Å². The molecule has 1 fully saturated rings. The molecule has 1 aliphatic carbocycles. The highest BCUT2D eigenvalue weighted by Crippen LogP contribution is 2.35. The quantitative estimate of drug-likeness (QED) is 0.770. The molecule has 5 nitrogen and oxygen atoms in total. The minimum Gasteiger partial charge on any atom is -0.478 e. The first kappa shape index (κ1) is 14.8. The number of anilines is 1. The number of aliphatic hydroxyl groups excluding tert-OH is 1. The second-order valence-electron chi connectivity index (χ2n) is 5.76. The number of nitrogens with zero attached hydrogens (tertiary/aromatic N) is 1. The normalized spacial score (nSPS) is 17.7. The van der Waals surface area contributed by atoms with Gasteiger partial charge in [0.05, 0.1) is 12.2 Å². The first-order valence-electron chi connectivity index (χ1n) is 7.11. The Kier molecular flexibility index (Phi) is 4.60. The first-order valence-corrected chi connectivity index (χ1v) is 7.11. The zero-order valence-electron chi connectivity index (χ0n) is 11.9. The van der Waals surface area contributed by atoms with Gasteiger partial charge < -0.3 is 15.5 Å². The molecule has 1 heterocycles. The number of carboxylic acid groups (broad SMARTS) is 1. The van der Waals surface area contributed by atoms with Gasteiger partial charge in [-0.25, -0.2) is 9.78 Å². The third kappa shape index (κ3) is 3.48. The lowest BCUT2D eigenvalue weighted by atomic mass is 9.74. The monoisotopic (exact) mass is 278 g/mol. The highest BCUT2D eigenvalue weighted by molar-refractivity contribution is 5.88. The molecule has 0 bridgehead atoms. The van der Waals surface area contributed by atoms with Crippen LogP contribution in [0, 0.1) is 12.3 Å². The Labute approximate surface area is 119 Å². The first-order chi connectivity index (χ1) is 9.54. The summed E-state index contributed by atoms with van der Waals surface area (Å²) >= 11 is 0. The van der Waals surface area contributed by atoms with E-state index in [1.165, 1.54) is 6.42 Å². The maximum absolute atomic E-state index is 11.0. The van der Waals surface area contributed by atoms with E-state index < -0.39 is 5.97 Å². The molecule has 0 atom stereocenters. The van der Waals surface area contributed by atoms with Crippen LogP contribution in [0.1, 0.15) is 48.2 Å². The maximum Gasteiger partial charge on any atom is 0.335 e. The number of carboxylic acids is 1. The molecule has 5 heteroatoms. The van der Waals surface area contributed by atoms with Crippen LogP contribution in [0.5, 0.6) is 0 Å². The molecular formula is C15H22N2O3. The molecular weight excluding hydrogens is 256 g/mol. The Hall–Kier alpha value is -1.62. The SMILES string of the molecule is Cc1cc(C(=O)O)cc(NCC2(CO)CCCCC2)n1.